The van der Waals surface area contributed by atoms with E-state index in [9.17, 15) is 13.2 Å². The summed E-state index contributed by atoms with van der Waals surface area (Å²) < 4.78 is 22.9. The molecule has 7 nitrogen and oxygen atoms in total. The van der Waals surface area contributed by atoms with Crippen LogP contribution in [-0.2, 0) is 9.84 Å². The highest BCUT2D eigenvalue weighted by atomic mass is 32.2. The van der Waals surface area contributed by atoms with Crippen LogP contribution in [0.25, 0.3) is 10.8 Å². The normalized spacial score (nSPS) is 20.0. The summed E-state index contributed by atoms with van der Waals surface area (Å²) in [6.45, 7) is 1.74. The molecule has 116 valence electrons. The first-order valence-electron chi connectivity index (χ1n) is 6.71. The highest BCUT2D eigenvalue weighted by molar-refractivity contribution is 7.91. The van der Waals surface area contributed by atoms with Gasteiger partial charge in [-0.3, -0.25) is 4.79 Å². The topological polar surface area (TPSA) is 102 Å². The lowest BCUT2D eigenvalue weighted by molar-refractivity contribution is 0.0944. The fourth-order valence-corrected chi connectivity index (χ4v) is 4.86. The molecule has 1 N–H and O–H groups in total. The number of carbonyl (C=O) groups is 1. The molecule has 1 aliphatic rings. The molecule has 1 amide bonds. The van der Waals surface area contributed by atoms with Crippen molar-refractivity contribution >= 4 is 27.1 Å². The lowest BCUT2D eigenvalue weighted by atomic mass is 10.2. The Hall–Kier alpha value is -1.87. The van der Waals surface area contributed by atoms with Crippen LogP contribution in [0.4, 0.5) is 0 Å². The fourth-order valence-electron chi connectivity index (χ4n) is 2.27. The van der Waals surface area contributed by atoms with Gasteiger partial charge in [0.05, 0.1) is 17.2 Å². The predicted molar refractivity (Wildman–Crippen MR) is 82.4 cm³/mol. The number of aryl methyl sites for hydroxylation is 1. The molecule has 0 radical (unpaired) electrons. The van der Waals surface area contributed by atoms with Gasteiger partial charge in [0.1, 0.15) is 4.88 Å². The predicted octanol–water partition coefficient (Wildman–Crippen LogP) is 0.825. The van der Waals surface area contributed by atoms with Crippen LogP contribution < -0.4 is 5.32 Å². The van der Waals surface area contributed by atoms with Crippen LogP contribution in [-0.4, -0.2) is 46.8 Å². The van der Waals surface area contributed by atoms with Gasteiger partial charge in [-0.15, -0.1) is 11.3 Å². The number of amides is 1. The molecule has 0 saturated carbocycles. The minimum absolute atomic E-state index is 0.00520. The molecule has 2 aromatic heterocycles. The largest absolute Gasteiger partial charge is 0.347 e. The first kappa shape index (κ1) is 15.0. The van der Waals surface area contributed by atoms with Gasteiger partial charge in [0.25, 0.3) is 5.91 Å². The van der Waals surface area contributed by atoms with E-state index >= 15 is 0 Å². The number of rotatable bonds is 3. The highest BCUT2D eigenvalue weighted by Gasteiger charge is 2.30. The lowest BCUT2D eigenvalue weighted by Gasteiger charge is -2.09. The van der Waals surface area contributed by atoms with Crippen LogP contribution in [0.2, 0.25) is 0 Å². The summed E-state index contributed by atoms with van der Waals surface area (Å²) in [5, 5.41) is 3.34. The summed E-state index contributed by atoms with van der Waals surface area (Å²) >= 11 is 1.21. The molecular weight excluding hydrogens is 324 g/mol. The Kier molecular flexibility index (Phi) is 3.92. The fraction of sp³-hybridized carbons (Fsp3) is 0.385. The monoisotopic (exact) mass is 338 g/mol. The van der Waals surface area contributed by atoms with Crippen molar-refractivity contribution in [1.82, 2.24) is 20.3 Å². The van der Waals surface area contributed by atoms with Crippen molar-refractivity contribution in [2.45, 2.75) is 19.4 Å². The first-order valence-corrected chi connectivity index (χ1v) is 9.34. The molecule has 22 heavy (non-hydrogen) atoms. The van der Waals surface area contributed by atoms with Crippen molar-refractivity contribution in [1.29, 1.82) is 0 Å². The molecule has 1 fully saturated rings. The maximum absolute atomic E-state index is 12.3. The first-order chi connectivity index (χ1) is 10.4. The molecule has 1 atom stereocenters. The molecule has 0 unspecified atom stereocenters. The zero-order valence-electron chi connectivity index (χ0n) is 11.8. The van der Waals surface area contributed by atoms with Crippen molar-refractivity contribution in [3.05, 3.63) is 29.0 Å². The van der Waals surface area contributed by atoms with Gasteiger partial charge in [0.15, 0.2) is 20.7 Å². The number of hydrogen-bond acceptors (Lipinski definition) is 7. The van der Waals surface area contributed by atoms with Gasteiger partial charge in [-0.2, -0.15) is 0 Å². The quantitative estimate of drug-likeness (QED) is 0.889. The van der Waals surface area contributed by atoms with Crippen LogP contribution in [0.15, 0.2) is 18.5 Å². The van der Waals surface area contributed by atoms with E-state index in [0.717, 1.165) is 0 Å². The van der Waals surface area contributed by atoms with E-state index in [4.69, 9.17) is 0 Å². The van der Waals surface area contributed by atoms with E-state index in [-0.39, 0.29) is 23.5 Å². The third-order valence-electron chi connectivity index (χ3n) is 3.33. The van der Waals surface area contributed by atoms with E-state index < -0.39 is 9.84 Å². The van der Waals surface area contributed by atoms with Crippen LogP contribution in [0.3, 0.4) is 0 Å². The van der Waals surface area contributed by atoms with E-state index in [1.807, 2.05) is 0 Å². The SMILES string of the molecule is Cc1nc(-c2ncccn2)sc1C(=O)N[C@@H]1CCS(=O)(=O)C1. The average molecular weight is 338 g/mol. The van der Waals surface area contributed by atoms with E-state index in [1.165, 1.54) is 11.3 Å². The molecule has 2 aromatic rings. The van der Waals surface area contributed by atoms with Gasteiger partial charge >= 0.3 is 0 Å². The molecule has 0 bridgehead atoms. The zero-order valence-corrected chi connectivity index (χ0v) is 13.4. The standard InChI is InChI=1S/C13H14N4O3S2/c1-8-10(12(18)17-9-3-6-22(19,20)7-9)21-13(16-8)11-14-4-2-5-15-11/h2,4-5,9H,3,6-7H2,1H3,(H,17,18)/t9-/m1/s1. The second kappa shape index (κ2) is 5.73. The summed E-state index contributed by atoms with van der Waals surface area (Å²) in [4.78, 5) is 25.3. The van der Waals surface area contributed by atoms with E-state index in [2.05, 4.69) is 20.3 Å². The Bertz CT molecular complexity index is 802. The van der Waals surface area contributed by atoms with Crippen LogP contribution in [0, 0.1) is 6.92 Å². The Morgan fingerprint density at radius 3 is 2.73 bits per heavy atom. The van der Waals surface area contributed by atoms with Gasteiger partial charge < -0.3 is 5.32 Å². The average Bonchev–Trinajstić information content (AvgIpc) is 3.02. The minimum Gasteiger partial charge on any atom is -0.347 e. The van der Waals surface area contributed by atoms with Crippen LogP contribution in [0.5, 0.6) is 0 Å². The maximum atomic E-state index is 12.3. The van der Waals surface area contributed by atoms with Gasteiger partial charge in [0.2, 0.25) is 0 Å². The zero-order chi connectivity index (χ0) is 15.7. The Balaban J connectivity index is 1.78. The third kappa shape index (κ3) is 3.14. The number of aromatic nitrogens is 3. The summed E-state index contributed by atoms with van der Waals surface area (Å²) in [5.41, 5.74) is 0.589. The number of nitrogens with one attached hydrogen (secondary N) is 1. The highest BCUT2D eigenvalue weighted by Crippen LogP contribution is 2.25. The summed E-state index contributed by atoms with van der Waals surface area (Å²) in [7, 11) is -3.02. The molecule has 9 heteroatoms. The molecule has 0 aliphatic carbocycles. The van der Waals surface area contributed by atoms with E-state index in [0.29, 0.717) is 27.8 Å². The summed E-state index contributed by atoms with van der Waals surface area (Å²) in [6, 6.07) is 1.38. The minimum atomic E-state index is -3.02. The molecule has 3 heterocycles. The molecule has 1 aliphatic heterocycles. The van der Waals surface area contributed by atoms with Gasteiger partial charge in [-0.05, 0) is 19.4 Å². The van der Waals surface area contributed by atoms with Crippen LogP contribution >= 0.6 is 11.3 Å². The Morgan fingerprint density at radius 2 is 2.09 bits per heavy atom. The van der Waals surface area contributed by atoms with Crippen LogP contribution in [0.1, 0.15) is 21.8 Å². The molecule has 0 spiro atoms. The Morgan fingerprint density at radius 1 is 1.36 bits per heavy atom. The number of sulfone groups is 1. The van der Waals surface area contributed by atoms with Gasteiger partial charge in [-0.1, -0.05) is 0 Å². The number of nitrogens with zero attached hydrogens (tertiary/aromatic N) is 3. The van der Waals surface area contributed by atoms with Gasteiger partial charge in [-0.25, -0.2) is 23.4 Å². The summed E-state index contributed by atoms with van der Waals surface area (Å²) in [5.74, 6) is 0.311. The van der Waals surface area contributed by atoms with Crippen molar-refractivity contribution in [3.8, 4) is 10.8 Å². The van der Waals surface area contributed by atoms with Gasteiger partial charge in [0, 0.05) is 18.4 Å². The second-order valence-electron chi connectivity index (χ2n) is 5.08. The maximum Gasteiger partial charge on any atom is 0.263 e. The molecule has 1 saturated heterocycles. The van der Waals surface area contributed by atoms with E-state index in [1.54, 1.807) is 25.4 Å². The summed E-state index contributed by atoms with van der Waals surface area (Å²) in [6.07, 6.45) is 3.69. The molecular formula is C13H14N4O3S2. The van der Waals surface area contributed by atoms with Crippen molar-refractivity contribution in [2.75, 3.05) is 11.5 Å². The smallest absolute Gasteiger partial charge is 0.263 e. The lowest BCUT2D eigenvalue weighted by Crippen LogP contribution is -2.35. The van der Waals surface area contributed by atoms with Crippen molar-refractivity contribution in [3.63, 3.8) is 0 Å². The van der Waals surface area contributed by atoms with Crippen molar-refractivity contribution < 1.29 is 13.2 Å². The third-order valence-corrected chi connectivity index (χ3v) is 6.25. The molecule has 0 aromatic carbocycles. The second-order valence-corrected chi connectivity index (χ2v) is 8.31. The molecule has 3 rings (SSSR count). The number of thiazole rings is 1. The number of hydrogen-bond donors (Lipinski definition) is 1. The van der Waals surface area contributed by atoms with Crippen molar-refractivity contribution in [2.24, 2.45) is 0 Å². The Labute approximate surface area is 131 Å². The number of carbonyl (C=O) groups excluding carboxylic acids is 1.